The van der Waals surface area contributed by atoms with Crippen LogP contribution in [0.4, 0.5) is 9.59 Å². The van der Waals surface area contributed by atoms with Crippen molar-refractivity contribution in [3.05, 3.63) is 0 Å². The molecule has 0 atom stereocenters. The molecule has 1 spiro atoms. The molecule has 3 saturated carbocycles. The maximum absolute atomic E-state index is 12.6. The Bertz CT molecular complexity index is 804. The van der Waals surface area contributed by atoms with Crippen molar-refractivity contribution in [1.82, 2.24) is 9.80 Å². The zero-order valence-corrected chi connectivity index (χ0v) is 18.3. The topological polar surface area (TPSA) is 102 Å². The van der Waals surface area contributed by atoms with Crippen molar-refractivity contribution >= 4 is 22.3 Å². The van der Waals surface area contributed by atoms with Crippen LogP contribution in [0.2, 0.25) is 0 Å². The van der Waals surface area contributed by atoms with Crippen molar-refractivity contribution in [1.29, 1.82) is 0 Å². The summed E-state index contributed by atoms with van der Waals surface area (Å²) in [5, 5.41) is 0. The third-order valence-corrected chi connectivity index (χ3v) is 7.11. The highest BCUT2D eigenvalue weighted by molar-refractivity contribution is 7.85. The number of rotatable bonds is 4. The second-order valence-corrected chi connectivity index (χ2v) is 12.0. The maximum atomic E-state index is 12.6. The lowest BCUT2D eigenvalue weighted by atomic mass is 9.39. The van der Waals surface area contributed by atoms with Gasteiger partial charge in [-0.1, -0.05) is 0 Å². The molecule has 2 amide bonds. The Kier molecular flexibility index (Phi) is 4.45. The Morgan fingerprint density at radius 3 is 2.28 bits per heavy atom. The summed E-state index contributed by atoms with van der Waals surface area (Å²) in [5.74, 6) is 0. The Hall–Kier alpha value is -1.55. The van der Waals surface area contributed by atoms with E-state index >= 15 is 0 Å². The van der Waals surface area contributed by atoms with Gasteiger partial charge >= 0.3 is 12.2 Å². The van der Waals surface area contributed by atoms with Crippen LogP contribution < -0.4 is 0 Å². The number of ether oxygens (including phenoxy) is 2. The standard InChI is InChI=1S/C19H30N2O7S/c1-16(2,3)27-14(22)20-7-5-19(6-8-20)12-21(15(23)28-19)18-9-17(10-18,11-18)13-26-29(4,24)25/h5-13H2,1-4H3. The van der Waals surface area contributed by atoms with Crippen LogP contribution in [-0.4, -0.2) is 79.6 Å². The zero-order chi connectivity index (χ0) is 21.3. The van der Waals surface area contributed by atoms with Crippen LogP contribution in [0, 0.1) is 5.41 Å². The average molecular weight is 431 g/mol. The second-order valence-electron chi connectivity index (χ2n) is 10.3. The number of carbonyl (C=O) groups is 2. The summed E-state index contributed by atoms with van der Waals surface area (Å²) in [6, 6.07) is 0. The van der Waals surface area contributed by atoms with E-state index in [-0.39, 0.29) is 29.7 Å². The summed E-state index contributed by atoms with van der Waals surface area (Å²) < 4.78 is 38.7. The van der Waals surface area contributed by atoms with E-state index in [0.717, 1.165) is 25.5 Å². The number of hydrogen-bond acceptors (Lipinski definition) is 7. The molecule has 2 saturated heterocycles. The zero-order valence-electron chi connectivity index (χ0n) is 17.5. The van der Waals surface area contributed by atoms with Gasteiger partial charge in [-0.05, 0) is 40.0 Å². The second kappa shape index (κ2) is 6.23. The Labute approximate surface area is 171 Å². The third kappa shape index (κ3) is 3.81. The number of hydrogen-bond donors (Lipinski definition) is 0. The number of piperidine rings is 1. The van der Waals surface area contributed by atoms with Gasteiger partial charge in [0, 0.05) is 36.9 Å². The van der Waals surface area contributed by atoms with E-state index in [2.05, 4.69) is 0 Å². The fourth-order valence-electron chi connectivity index (χ4n) is 5.28. The first-order valence-corrected chi connectivity index (χ1v) is 11.9. The van der Waals surface area contributed by atoms with Gasteiger partial charge in [0.25, 0.3) is 10.1 Å². The van der Waals surface area contributed by atoms with Crippen molar-refractivity contribution in [2.24, 2.45) is 5.41 Å². The third-order valence-electron chi connectivity index (χ3n) is 6.56. The summed E-state index contributed by atoms with van der Waals surface area (Å²) in [6.07, 6.45) is 3.87. The normalized spacial score (nSPS) is 33.2. The molecule has 5 aliphatic rings. The molecule has 2 bridgehead atoms. The first kappa shape index (κ1) is 20.7. The smallest absolute Gasteiger partial charge is 0.410 e. The first-order chi connectivity index (χ1) is 13.2. The van der Waals surface area contributed by atoms with E-state index in [0.29, 0.717) is 32.5 Å². The maximum Gasteiger partial charge on any atom is 0.410 e. The Morgan fingerprint density at radius 2 is 1.76 bits per heavy atom. The van der Waals surface area contributed by atoms with Crippen LogP contribution in [0.5, 0.6) is 0 Å². The van der Waals surface area contributed by atoms with Crippen molar-refractivity contribution in [2.45, 2.75) is 69.6 Å². The highest BCUT2D eigenvalue weighted by Gasteiger charge is 2.73. The minimum Gasteiger partial charge on any atom is -0.444 e. The van der Waals surface area contributed by atoms with E-state index in [9.17, 15) is 18.0 Å². The molecular formula is C19H30N2O7S. The highest BCUT2D eigenvalue weighted by atomic mass is 32.2. The van der Waals surface area contributed by atoms with E-state index < -0.39 is 21.3 Å². The largest absolute Gasteiger partial charge is 0.444 e. The molecule has 164 valence electrons. The van der Waals surface area contributed by atoms with Crippen molar-refractivity contribution in [2.75, 3.05) is 32.5 Å². The van der Waals surface area contributed by atoms with Crippen LogP contribution in [-0.2, 0) is 23.8 Å². The number of nitrogens with zero attached hydrogens (tertiary/aromatic N) is 2. The number of carbonyl (C=O) groups excluding carboxylic acids is 2. The fourth-order valence-corrected chi connectivity index (χ4v) is 5.74. The molecule has 3 aliphatic carbocycles. The summed E-state index contributed by atoms with van der Waals surface area (Å²) in [6.45, 7) is 7.22. The molecule has 0 aromatic carbocycles. The lowest BCUT2D eigenvalue weighted by Gasteiger charge is -2.72. The van der Waals surface area contributed by atoms with Gasteiger partial charge in [-0.15, -0.1) is 0 Å². The Balaban J connectivity index is 1.31. The van der Waals surface area contributed by atoms with E-state index in [1.807, 2.05) is 25.7 Å². The molecule has 0 aromatic heterocycles. The van der Waals surface area contributed by atoms with Gasteiger partial charge in [0.15, 0.2) is 0 Å². The SMILES string of the molecule is CC(C)(C)OC(=O)N1CCC2(CC1)CN(C13CC(COS(C)(=O)=O)(C1)C3)C(=O)O2. The van der Waals surface area contributed by atoms with Gasteiger partial charge < -0.3 is 14.4 Å². The minimum atomic E-state index is -3.45. The molecule has 5 rings (SSSR count). The number of likely N-dealkylation sites (tertiary alicyclic amines) is 1. The van der Waals surface area contributed by atoms with Gasteiger partial charge in [-0.25, -0.2) is 9.59 Å². The van der Waals surface area contributed by atoms with Crippen LogP contribution in [0.25, 0.3) is 0 Å². The lowest BCUT2D eigenvalue weighted by molar-refractivity contribution is -0.214. The predicted octanol–water partition coefficient (Wildman–Crippen LogP) is 2.11. The lowest BCUT2D eigenvalue weighted by Crippen LogP contribution is -2.76. The van der Waals surface area contributed by atoms with Gasteiger partial charge in [0.2, 0.25) is 0 Å². The quantitative estimate of drug-likeness (QED) is 0.629. The molecule has 2 heterocycles. The monoisotopic (exact) mass is 430 g/mol. The van der Waals surface area contributed by atoms with Gasteiger partial charge in [0.1, 0.15) is 11.2 Å². The van der Waals surface area contributed by atoms with Gasteiger partial charge in [-0.2, -0.15) is 8.42 Å². The molecule has 0 radical (unpaired) electrons. The van der Waals surface area contributed by atoms with Gasteiger partial charge in [-0.3, -0.25) is 9.08 Å². The fraction of sp³-hybridized carbons (Fsp3) is 0.895. The number of amides is 2. The average Bonchev–Trinajstić information content (AvgIpc) is 2.79. The van der Waals surface area contributed by atoms with Crippen molar-refractivity contribution in [3.8, 4) is 0 Å². The molecular weight excluding hydrogens is 400 g/mol. The molecule has 2 aliphatic heterocycles. The summed E-state index contributed by atoms with van der Waals surface area (Å²) in [5.41, 5.74) is -1.44. The molecule has 9 nitrogen and oxygen atoms in total. The minimum absolute atomic E-state index is 0.126. The molecule has 29 heavy (non-hydrogen) atoms. The summed E-state index contributed by atoms with van der Waals surface area (Å²) in [7, 11) is -3.45. The van der Waals surface area contributed by atoms with E-state index in [4.69, 9.17) is 13.7 Å². The molecule has 0 N–H and O–H groups in total. The molecule has 10 heteroatoms. The Morgan fingerprint density at radius 1 is 1.17 bits per heavy atom. The van der Waals surface area contributed by atoms with Crippen molar-refractivity contribution < 1.29 is 31.7 Å². The highest BCUT2D eigenvalue weighted by Crippen LogP contribution is 2.70. The van der Waals surface area contributed by atoms with E-state index in [1.54, 1.807) is 4.90 Å². The van der Waals surface area contributed by atoms with Crippen molar-refractivity contribution in [3.63, 3.8) is 0 Å². The molecule has 5 fully saturated rings. The molecule has 0 aromatic rings. The first-order valence-electron chi connectivity index (χ1n) is 10.1. The van der Waals surface area contributed by atoms with Crippen LogP contribution in [0.3, 0.4) is 0 Å². The van der Waals surface area contributed by atoms with Gasteiger partial charge in [0.05, 0.1) is 19.4 Å². The van der Waals surface area contributed by atoms with Crippen LogP contribution >= 0.6 is 0 Å². The summed E-state index contributed by atoms with van der Waals surface area (Å²) in [4.78, 5) is 28.4. The predicted molar refractivity (Wildman–Crippen MR) is 103 cm³/mol. The van der Waals surface area contributed by atoms with Crippen LogP contribution in [0.1, 0.15) is 52.9 Å². The van der Waals surface area contributed by atoms with E-state index in [1.165, 1.54) is 0 Å². The van der Waals surface area contributed by atoms with Crippen LogP contribution in [0.15, 0.2) is 0 Å². The molecule has 0 unspecified atom stereocenters. The summed E-state index contributed by atoms with van der Waals surface area (Å²) >= 11 is 0.